The summed E-state index contributed by atoms with van der Waals surface area (Å²) in [7, 11) is 0. The highest BCUT2D eigenvalue weighted by Crippen LogP contribution is 2.23. The second-order valence-electron chi connectivity index (χ2n) is 6.17. The van der Waals surface area contributed by atoms with Gasteiger partial charge in [-0.15, -0.1) is 0 Å². The summed E-state index contributed by atoms with van der Waals surface area (Å²) in [6.45, 7) is 8.53. The van der Waals surface area contributed by atoms with Crippen LogP contribution < -0.4 is 0 Å². The fraction of sp³-hybridized carbons (Fsp3) is 0.190. The summed E-state index contributed by atoms with van der Waals surface area (Å²) in [5, 5.41) is 0.699. The van der Waals surface area contributed by atoms with Crippen LogP contribution in [0.1, 0.15) is 28.1 Å². The molecule has 0 N–H and O–H groups in total. The van der Waals surface area contributed by atoms with Crippen molar-refractivity contribution in [1.29, 1.82) is 0 Å². The molecule has 0 unspecified atom stereocenters. The predicted octanol–water partition coefficient (Wildman–Crippen LogP) is 6.11. The Bertz CT molecular complexity index is 920. The average Bonchev–Trinajstić information content (AvgIpc) is 2.82. The second kappa shape index (κ2) is 6.66. The van der Waals surface area contributed by atoms with Crippen LogP contribution in [0.5, 0.6) is 0 Å². The smallest absolute Gasteiger partial charge is 0.0644 e. The Kier molecular flexibility index (Phi) is 4.59. The van der Waals surface area contributed by atoms with Crippen molar-refractivity contribution in [1.82, 2.24) is 4.57 Å². The minimum atomic E-state index is 0.699. The lowest BCUT2D eigenvalue weighted by atomic mass is 10.1. The van der Waals surface area contributed by atoms with Crippen LogP contribution in [-0.2, 0) is 0 Å². The number of rotatable bonds is 3. The maximum Gasteiger partial charge on any atom is 0.0644 e. The van der Waals surface area contributed by atoms with Crippen molar-refractivity contribution in [3.05, 3.63) is 81.6 Å². The number of aryl methyl sites for hydroxylation is 3. The molecule has 3 rings (SSSR count). The van der Waals surface area contributed by atoms with Gasteiger partial charge in [-0.25, -0.2) is 0 Å². The second-order valence-corrected chi connectivity index (χ2v) is 6.60. The van der Waals surface area contributed by atoms with E-state index in [1.165, 1.54) is 28.2 Å². The van der Waals surface area contributed by atoms with Crippen molar-refractivity contribution >= 4 is 23.5 Å². The minimum Gasteiger partial charge on any atom is -0.318 e. The van der Waals surface area contributed by atoms with Crippen LogP contribution in [0.4, 0.5) is 5.69 Å². The van der Waals surface area contributed by atoms with Crippen molar-refractivity contribution in [2.75, 3.05) is 0 Å². The maximum atomic E-state index is 6.02. The highest BCUT2D eigenvalue weighted by atomic mass is 35.5. The third kappa shape index (κ3) is 3.29. The highest BCUT2D eigenvalue weighted by molar-refractivity contribution is 6.30. The van der Waals surface area contributed by atoms with E-state index in [1.807, 2.05) is 30.5 Å². The Morgan fingerprint density at radius 2 is 1.71 bits per heavy atom. The predicted molar refractivity (Wildman–Crippen MR) is 103 cm³/mol. The molecule has 0 spiro atoms. The van der Waals surface area contributed by atoms with E-state index in [0.717, 1.165) is 11.3 Å². The zero-order chi connectivity index (χ0) is 17.3. The standard InChI is InChI=1S/C21H21ClN2/c1-14-8-9-21(10-15(14)2)24-16(3)11-18(17(24)4)13-23-20-7-5-6-19(22)12-20/h5-13H,1-4H3. The van der Waals surface area contributed by atoms with Gasteiger partial charge < -0.3 is 4.57 Å². The Morgan fingerprint density at radius 3 is 2.42 bits per heavy atom. The van der Waals surface area contributed by atoms with E-state index in [4.69, 9.17) is 11.6 Å². The first-order valence-electron chi connectivity index (χ1n) is 8.02. The zero-order valence-electron chi connectivity index (χ0n) is 14.5. The average molecular weight is 337 g/mol. The van der Waals surface area contributed by atoms with E-state index in [-0.39, 0.29) is 0 Å². The van der Waals surface area contributed by atoms with Gasteiger partial charge in [0.05, 0.1) is 5.69 Å². The lowest BCUT2D eigenvalue weighted by Crippen LogP contribution is -2.00. The van der Waals surface area contributed by atoms with E-state index >= 15 is 0 Å². The highest BCUT2D eigenvalue weighted by Gasteiger charge is 2.10. The number of halogens is 1. The third-order valence-corrected chi connectivity index (χ3v) is 4.61. The molecule has 1 heterocycles. The minimum absolute atomic E-state index is 0.699. The molecule has 0 radical (unpaired) electrons. The number of aliphatic imine (C=N–C) groups is 1. The van der Waals surface area contributed by atoms with E-state index in [0.29, 0.717) is 5.02 Å². The molecular weight excluding hydrogens is 316 g/mol. The van der Waals surface area contributed by atoms with Crippen molar-refractivity contribution in [3.63, 3.8) is 0 Å². The Morgan fingerprint density at radius 1 is 0.917 bits per heavy atom. The van der Waals surface area contributed by atoms with Crippen LogP contribution >= 0.6 is 11.6 Å². The first-order valence-corrected chi connectivity index (χ1v) is 8.39. The molecule has 1 aromatic heterocycles. The van der Waals surface area contributed by atoms with E-state index in [2.05, 4.69) is 61.5 Å². The number of hydrogen-bond acceptors (Lipinski definition) is 1. The topological polar surface area (TPSA) is 17.3 Å². The summed E-state index contributed by atoms with van der Waals surface area (Å²) in [4.78, 5) is 4.56. The van der Waals surface area contributed by atoms with Gasteiger partial charge in [0.25, 0.3) is 0 Å². The van der Waals surface area contributed by atoms with E-state index in [1.54, 1.807) is 0 Å². The molecule has 0 saturated heterocycles. The number of aromatic nitrogens is 1. The molecule has 3 aromatic rings. The summed E-state index contributed by atoms with van der Waals surface area (Å²) in [6.07, 6.45) is 1.91. The van der Waals surface area contributed by atoms with Crippen molar-refractivity contribution in [3.8, 4) is 5.69 Å². The summed E-state index contributed by atoms with van der Waals surface area (Å²) >= 11 is 6.02. The van der Waals surface area contributed by atoms with Crippen LogP contribution in [0.2, 0.25) is 5.02 Å². The van der Waals surface area contributed by atoms with E-state index < -0.39 is 0 Å². The molecule has 0 amide bonds. The Labute approximate surface area is 148 Å². The Hall–Kier alpha value is -2.32. The van der Waals surface area contributed by atoms with Crippen LogP contribution in [0, 0.1) is 27.7 Å². The molecule has 0 fully saturated rings. The number of benzene rings is 2. The van der Waals surface area contributed by atoms with Gasteiger partial charge >= 0.3 is 0 Å². The van der Waals surface area contributed by atoms with Gasteiger partial charge in [0, 0.05) is 33.9 Å². The molecule has 0 aliphatic carbocycles. The van der Waals surface area contributed by atoms with Crippen molar-refractivity contribution in [2.45, 2.75) is 27.7 Å². The normalized spacial score (nSPS) is 11.4. The fourth-order valence-electron chi connectivity index (χ4n) is 2.88. The monoisotopic (exact) mass is 336 g/mol. The van der Waals surface area contributed by atoms with Crippen molar-refractivity contribution in [2.24, 2.45) is 4.99 Å². The lowest BCUT2D eigenvalue weighted by Gasteiger charge is -2.11. The molecule has 0 saturated carbocycles. The first kappa shape index (κ1) is 16.5. The van der Waals surface area contributed by atoms with Gasteiger partial charge in [-0.2, -0.15) is 0 Å². The number of nitrogens with zero attached hydrogens (tertiary/aromatic N) is 2. The zero-order valence-corrected chi connectivity index (χ0v) is 15.2. The molecule has 122 valence electrons. The van der Waals surface area contributed by atoms with Gasteiger partial charge in [-0.3, -0.25) is 4.99 Å². The summed E-state index contributed by atoms with van der Waals surface area (Å²) in [5.74, 6) is 0. The van der Waals surface area contributed by atoms with E-state index in [9.17, 15) is 0 Å². The molecule has 0 aliphatic rings. The molecule has 24 heavy (non-hydrogen) atoms. The number of hydrogen-bond donors (Lipinski definition) is 0. The maximum absolute atomic E-state index is 6.02. The molecule has 0 atom stereocenters. The van der Waals surface area contributed by atoms with Gasteiger partial charge in [-0.05, 0) is 75.2 Å². The van der Waals surface area contributed by atoms with Crippen LogP contribution in [0.25, 0.3) is 5.69 Å². The molecule has 0 bridgehead atoms. The summed E-state index contributed by atoms with van der Waals surface area (Å²) in [5.41, 5.74) is 8.16. The SMILES string of the molecule is Cc1ccc(-n2c(C)cc(C=Nc3cccc(Cl)c3)c2C)cc1C. The van der Waals surface area contributed by atoms with Gasteiger partial charge in [0.1, 0.15) is 0 Å². The van der Waals surface area contributed by atoms with Gasteiger partial charge in [0.15, 0.2) is 0 Å². The van der Waals surface area contributed by atoms with Crippen LogP contribution in [0.15, 0.2) is 53.5 Å². The molecule has 0 aliphatic heterocycles. The van der Waals surface area contributed by atoms with Crippen molar-refractivity contribution < 1.29 is 0 Å². The molecular formula is C21H21ClN2. The van der Waals surface area contributed by atoms with Gasteiger partial charge in [-0.1, -0.05) is 23.7 Å². The fourth-order valence-corrected chi connectivity index (χ4v) is 3.07. The molecule has 2 aromatic carbocycles. The van der Waals surface area contributed by atoms with Gasteiger partial charge in [0.2, 0.25) is 0 Å². The molecule has 2 nitrogen and oxygen atoms in total. The van der Waals surface area contributed by atoms with Crippen LogP contribution in [0.3, 0.4) is 0 Å². The first-order chi connectivity index (χ1) is 11.5. The molecule has 3 heteroatoms. The largest absolute Gasteiger partial charge is 0.318 e. The third-order valence-electron chi connectivity index (χ3n) is 4.38. The Balaban J connectivity index is 1.98. The quantitative estimate of drug-likeness (QED) is 0.513. The lowest BCUT2D eigenvalue weighted by molar-refractivity contribution is 0.961. The summed E-state index contributed by atoms with van der Waals surface area (Å²) < 4.78 is 2.27. The summed E-state index contributed by atoms with van der Waals surface area (Å²) in [6, 6.07) is 16.3. The van der Waals surface area contributed by atoms with Crippen LogP contribution in [-0.4, -0.2) is 10.8 Å².